The van der Waals surface area contributed by atoms with E-state index in [1.54, 1.807) is 0 Å². The van der Waals surface area contributed by atoms with Crippen LogP contribution < -0.4 is 0 Å². The second kappa shape index (κ2) is 1.90. The number of nitrogens with zero attached hydrogens (tertiary/aromatic N) is 4. The Kier molecular flexibility index (Phi) is 1.06. The molecule has 0 spiro atoms. The average molecular weight is 136 g/mol. The fourth-order valence-electron chi connectivity index (χ4n) is 1.07. The molecule has 0 aliphatic carbocycles. The molecule has 0 radical (unpaired) electrons. The Morgan fingerprint density at radius 2 is 2.50 bits per heavy atom. The molecule has 52 valence electrons. The summed E-state index contributed by atoms with van der Waals surface area (Å²) in [7, 11) is 0. The summed E-state index contributed by atoms with van der Waals surface area (Å²) in [5, 5.41) is 7.84. The van der Waals surface area contributed by atoms with Gasteiger partial charge in [0.1, 0.15) is 5.82 Å². The fourth-order valence-corrected chi connectivity index (χ4v) is 1.07. The van der Waals surface area contributed by atoms with Gasteiger partial charge in [-0.2, -0.15) is 0 Å². The van der Waals surface area contributed by atoms with E-state index in [2.05, 4.69) is 22.1 Å². The third-order valence-corrected chi connectivity index (χ3v) is 1.60. The first-order valence-corrected chi connectivity index (χ1v) is 3.36. The van der Waals surface area contributed by atoms with Crippen molar-refractivity contribution in [1.29, 1.82) is 0 Å². The quantitative estimate of drug-likeness (QED) is 0.566. The summed E-state index contributed by atoms with van der Waals surface area (Å²) in [6.45, 7) is 2.90. The van der Waals surface area contributed by atoms with Gasteiger partial charge in [-0.25, -0.2) is 4.99 Å². The lowest BCUT2D eigenvalue weighted by atomic mass is 10.4. The third kappa shape index (κ3) is 0.586. The predicted octanol–water partition coefficient (Wildman–Crippen LogP) is 0.556. The van der Waals surface area contributed by atoms with E-state index >= 15 is 0 Å². The van der Waals surface area contributed by atoms with Crippen molar-refractivity contribution in [1.82, 2.24) is 14.8 Å². The van der Waals surface area contributed by atoms with E-state index in [9.17, 15) is 0 Å². The summed E-state index contributed by atoms with van der Waals surface area (Å²) in [5.41, 5.74) is 0. The molecule has 1 aliphatic rings. The Bertz CT molecular complexity index is 273. The van der Waals surface area contributed by atoms with Gasteiger partial charge in [0.25, 0.3) is 5.95 Å². The maximum atomic E-state index is 4.03. The second-order valence-corrected chi connectivity index (χ2v) is 2.19. The molecule has 4 nitrogen and oxygen atoms in total. The van der Waals surface area contributed by atoms with Crippen molar-refractivity contribution < 1.29 is 0 Å². The van der Waals surface area contributed by atoms with Crippen molar-refractivity contribution in [3.05, 3.63) is 5.82 Å². The number of hydrogen-bond donors (Lipinski definition) is 0. The van der Waals surface area contributed by atoms with Gasteiger partial charge >= 0.3 is 0 Å². The molecule has 1 aromatic rings. The molecule has 10 heavy (non-hydrogen) atoms. The number of hydrogen-bond acceptors (Lipinski definition) is 3. The number of aryl methyl sites for hydroxylation is 1. The van der Waals surface area contributed by atoms with Gasteiger partial charge < -0.3 is 0 Å². The molecule has 2 heterocycles. The van der Waals surface area contributed by atoms with Crippen LogP contribution in [0.4, 0.5) is 5.95 Å². The van der Waals surface area contributed by atoms with Gasteiger partial charge in [0.15, 0.2) is 0 Å². The lowest BCUT2D eigenvalue weighted by molar-refractivity contribution is 0.794. The zero-order valence-corrected chi connectivity index (χ0v) is 5.78. The molecule has 0 saturated heterocycles. The summed E-state index contributed by atoms with van der Waals surface area (Å²) in [6.07, 6.45) is 2.78. The average Bonchev–Trinajstić information content (AvgIpc) is 2.44. The van der Waals surface area contributed by atoms with Crippen molar-refractivity contribution in [2.24, 2.45) is 4.99 Å². The first kappa shape index (κ1) is 5.58. The van der Waals surface area contributed by atoms with Gasteiger partial charge in [-0.1, -0.05) is 6.92 Å². The molecular formula is C6H8N4. The standard InChI is InChI=1S/C6H8N4/c1-2-5-8-9-6-7-3-4-10(5)6/h3H,2,4H2,1H3. The minimum Gasteiger partial charge on any atom is -0.290 e. The number of aliphatic imine (C=N–C) groups is 1. The minimum atomic E-state index is 0.747. The normalized spacial score (nSPS) is 14.1. The van der Waals surface area contributed by atoms with Crippen LogP contribution in [0.25, 0.3) is 0 Å². The molecule has 1 aliphatic heterocycles. The molecule has 0 bridgehead atoms. The molecule has 0 saturated carbocycles. The van der Waals surface area contributed by atoms with Gasteiger partial charge in [0.05, 0.1) is 6.54 Å². The Morgan fingerprint density at radius 3 is 3.30 bits per heavy atom. The van der Waals surface area contributed by atoms with Crippen LogP contribution in [-0.2, 0) is 13.0 Å². The number of aromatic nitrogens is 3. The highest BCUT2D eigenvalue weighted by atomic mass is 15.3. The van der Waals surface area contributed by atoms with Gasteiger partial charge in [-0.3, -0.25) is 4.57 Å². The van der Waals surface area contributed by atoms with Crippen molar-refractivity contribution >= 4 is 12.2 Å². The van der Waals surface area contributed by atoms with E-state index in [4.69, 9.17) is 0 Å². The number of fused-ring (bicyclic) bond motifs is 1. The van der Waals surface area contributed by atoms with E-state index in [1.807, 2.05) is 10.8 Å². The van der Waals surface area contributed by atoms with E-state index in [-0.39, 0.29) is 0 Å². The van der Waals surface area contributed by atoms with Crippen LogP contribution in [0.5, 0.6) is 0 Å². The first-order chi connectivity index (χ1) is 4.92. The van der Waals surface area contributed by atoms with Crippen LogP contribution in [0.2, 0.25) is 0 Å². The monoisotopic (exact) mass is 136 g/mol. The Hall–Kier alpha value is -1.19. The summed E-state index contributed by atoms with van der Waals surface area (Å²) in [6, 6.07) is 0. The van der Waals surface area contributed by atoms with Crippen molar-refractivity contribution in [3.8, 4) is 0 Å². The molecule has 2 rings (SSSR count). The van der Waals surface area contributed by atoms with Gasteiger partial charge in [0, 0.05) is 12.6 Å². The van der Waals surface area contributed by atoms with Crippen molar-refractivity contribution in [3.63, 3.8) is 0 Å². The molecule has 0 aromatic carbocycles. The summed E-state index contributed by atoms with van der Waals surface area (Å²) in [4.78, 5) is 4.03. The van der Waals surface area contributed by atoms with E-state index in [1.165, 1.54) is 0 Å². The predicted molar refractivity (Wildman–Crippen MR) is 37.6 cm³/mol. The highest BCUT2D eigenvalue weighted by Gasteiger charge is 2.11. The van der Waals surface area contributed by atoms with Gasteiger partial charge in [-0.15, -0.1) is 10.2 Å². The Balaban J connectivity index is 2.50. The zero-order chi connectivity index (χ0) is 6.97. The van der Waals surface area contributed by atoms with E-state index in [0.717, 1.165) is 24.7 Å². The maximum Gasteiger partial charge on any atom is 0.250 e. The second-order valence-electron chi connectivity index (χ2n) is 2.19. The Labute approximate surface area is 58.6 Å². The summed E-state index contributed by atoms with van der Waals surface area (Å²) < 4.78 is 2.01. The van der Waals surface area contributed by atoms with E-state index in [0.29, 0.717) is 0 Å². The first-order valence-electron chi connectivity index (χ1n) is 3.36. The lowest BCUT2D eigenvalue weighted by Crippen LogP contribution is -1.98. The molecule has 0 unspecified atom stereocenters. The highest BCUT2D eigenvalue weighted by molar-refractivity contribution is 5.65. The number of rotatable bonds is 1. The maximum absolute atomic E-state index is 4.03. The SMILES string of the molecule is CCc1nnc2n1CC=N2. The molecule has 0 N–H and O–H groups in total. The Morgan fingerprint density at radius 1 is 1.60 bits per heavy atom. The minimum absolute atomic E-state index is 0.747. The van der Waals surface area contributed by atoms with Crippen LogP contribution >= 0.6 is 0 Å². The molecule has 0 amide bonds. The lowest BCUT2D eigenvalue weighted by Gasteiger charge is -1.94. The summed E-state index contributed by atoms with van der Waals surface area (Å²) in [5.74, 6) is 1.77. The van der Waals surface area contributed by atoms with Crippen LogP contribution in [-0.4, -0.2) is 21.0 Å². The van der Waals surface area contributed by atoms with Crippen LogP contribution in [0.15, 0.2) is 4.99 Å². The van der Waals surface area contributed by atoms with Crippen LogP contribution in [0, 0.1) is 0 Å². The van der Waals surface area contributed by atoms with Gasteiger partial charge in [-0.05, 0) is 0 Å². The molecule has 1 aromatic heterocycles. The molecular weight excluding hydrogens is 128 g/mol. The van der Waals surface area contributed by atoms with Crippen molar-refractivity contribution in [2.75, 3.05) is 0 Å². The zero-order valence-electron chi connectivity index (χ0n) is 5.78. The fraction of sp³-hybridized carbons (Fsp3) is 0.500. The van der Waals surface area contributed by atoms with Crippen LogP contribution in [0.1, 0.15) is 12.7 Å². The van der Waals surface area contributed by atoms with Crippen LogP contribution in [0.3, 0.4) is 0 Å². The molecule has 0 atom stereocenters. The largest absolute Gasteiger partial charge is 0.290 e. The van der Waals surface area contributed by atoms with Crippen molar-refractivity contribution in [2.45, 2.75) is 19.9 Å². The third-order valence-electron chi connectivity index (χ3n) is 1.60. The summed E-state index contributed by atoms with van der Waals surface area (Å²) >= 11 is 0. The van der Waals surface area contributed by atoms with E-state index < -0.39 is 0 Å². The van der Waals surface area contributed by atoms with Gasteiger partial charge in [0.2, 0.25) is 0 Å². The smallest absolute Gasteiger partial charge is 0.250 e. The molecule has 0 fully saturated rings. The topological polar surface area (TPSA) is 43.1 Å². The molecule has 4 heteroatoms. The highest BCUT2D eigenvalue weighted by Crippen LogP contribution is 2.14.